The Morgan fingerprint density at radius 2 is 2.20 bits per heavy atom. The molecule has 2 fully saturated rings. The van der Waals surface area contributed by atoms with Gasteiger partial charge in [-0.25, -0.2) is 0 Å². The van der Waals surface area contributed by atoms with Crippen molar-refractivity contribution in [3.05, 3.63) is 0 Å². The van der Waals surface area contributed by atoms with Gasteiger partial charge in [0.05, 0.1) is 6.10 Å². The van der Waals surface area contributed by atoms with Gasteiger partial charge in [0.15, 0.2) is 0 Å². The Hall–Kier alpha value is -0.570. The third-order valence-electron chi connectivity index (χ3n) is 3.97. The standard InChI is InChI=1S/C12H21NO2/c1-8(14)7-13(2)12(15)11-6-9-3-4-10(11)5-9/h8-11,14H,3-7H2,1-2H3. The molecule has 0 aromatic carbocycles. The third kappa shape index (κ3) is 2.17. The topological polar surface area (TPSA) is 40.5 Å². The van der Waals surface area contributed by atoms with Gasteiger partial charge >= 0.3 is 0 Å². The molecule has 2 aliphatic carbocycles. The number of aliphatic hydroxyl groups excluding tert-OH is 1. The molecule has 0 saturated heterocycles. The number of carbonyl (C=O) groups excluding carboxylic acids is 1. The van der Waals surface area contributed by atoms with Crippen LogP contribution in [-0.4, -0.2) is 35.6 Å². The summed E-state index contributed by atoms with van der Waals surface area (Å²) < 4.78 is 0. The number of likely N-dealkylation sites (N-methyl/N-ethyl adjacent to an activating group) is 1. The van der Waals surface area contributed by atoms with Crippen molar-refractivity contribution in [2.75, 3.05) is 13.6 Å². The van der Waals surface area contributed by atoms with Crippen LogP contribution in [0, 0.1) is 17.8 Å². The molecule has 0 aliphatic heterocycles. The van der Waals surface area contributed by atoms with Crippen molar-refractivity contribution < 1.29 is 9.90 Å². The SMILES string of the molecule is CC(O)CN(C)C(=O)C1CC2CCC1C2. The van der Waals surface area contributed by atoms with E-state index in [4.69, 9.17) is 0 Å². The second kappa shape index (κ2) is 4.12. The molecular formula is C12H21NO2. The van der Waals surface area contributed by atoms with Crippen LogP contribution in [0.3, 0.4) is 0 Å². The Labute approximate surface area is 91.5 Å². The summed E-state index contributed by atoms with van der Waals surface area (Å²) in [6.45, 7) is 2.19. The van der Waals surface area contributed by atoms with Crippen LogP contribution < -0.4 is 0 Å². The molecule has 0 aromatic heterocycles. The summed E-state index contributed by atoms with van der Waals surface area (Å²) in [5, 5.41) is 9.25. The van der Waals surface area contributed by atoms with E-state index in [1.165, 1.54) is 19.3 Å². The minimum Gasteiger partial charge on any atom is -0.392 e. The molecule has 2 bridgehead atoms. The average Bonchev–Trinajstić information content (AvgIpc) is 2.76. The average molecular weight is 211 g/mol. The van der Waals surface area contributed by atoms with Gasteiger partial charge in [0.25, 0.3) is 0 Å². The number of aliphatic hydroxyl groups is 1. The number of hydrogen-bond donors (Lipinski definition) is 1. The van der Waals surface area contributed by atoms with Gasteiger partial charge in [-0.3, -0.25) is 4.79 Å². The van der Waals surface area contributed by atoms with Gasteiger partial charge < -0.3 is 10.0 Å². The first-order chi connectivity index (χ1) is 7.08. The Balaban J connectivity index is 1.91. The van der Waals surface area contributed by atoms with Gasteiger partial charge in [-0.1, -0.05) is 6.42 Å². The number of carbonyl (C=O) groups is 1. The highest BCUT2D eigenvalue weighted by Gasteiger charge is 2.43. The molecular weight excluding hydrogens is 190 g/mol. The minimum absolute atomic E-state index is 0.253. The fourth-order valence-electron chi connectivity index (χ4n) is 3.32. The van der Waals surface area contributed by atoms with Crippen LogP contribution in [0.25, 0.3) is 0 Å². The number of fused-ring (bicyclic) bond motifs is 2. The number of amides is 1. The highest BCUT2D eigenvalue weighted by atomic mass is 16.3. The lowest BCUT2D eigenvalue weighted by Gasteiger charge is -2.27. The van der Waals surface area contributed by atoms with Crippen molar-refractivity contribution in [3.8, 4) is 0 Å². The van der Waals surface area contributed by atoms with Crippen LogP contribution >= 0.6 is 0 Å². The van der Waals surface area contributed by atoms with Crippen LogP contribution in [0.1, 0.15) is 32.6 Å². The minimum atomic E-state index is -0.419. The summed E-state index contributed by atoms with van der Waals surface area (Å²) in [5.41, 5.74) is 0. The lowest BCUT2D eigenvalue weighted by molar-refractivity contribution is -0.137. The number of rotatable bonds is 3. The zero-order valence-electron chi connectivity index (χ0n) is 9.65. The van der Waals surface area contributed by atoms with Gasteiger partial charge in [-0.15, -0.1) is 0 Å². The predicted octanol–water partition coefficient (Wildman–Crippen LogP) is 1.26. The third-order valence-corrected chi connectivity index (χ3v) is 3.97. The van der Waals surface area contributed by atoms with E-state index in [-0.39, 0.29) is 11.8 Å². The molecule has 2 aliphatic rings. The van der Waals surface area contributed by atoms with Crippen LogP contribution in [0.15, 0.2) is 0 Å². The van der Waals surface area contributed by atoms with Gasteiger partial charge in [0.1, 0.15) is 0 Å². The van der Waals surface area contributed by atoms with E-state index in [1.54, 1.807) is 18.9 Å². The largest absolute Gasteiger partial charge is 0.392 e. The van der Waals surface area contributed by atoms with E-state index in [0.717, 1.165) is 12.3 Å². The molecule has 86 valence electrons. The molecule has 2 rings (SSSR count). The van der Waals surface area contributed by atoms with Gasteiger partial charge in [-0.05, 0) is 38.0 Å². The second-order valence-corrected chi connectivity index (χ2v) is 5.35. The highest BCUT2D eigenvalue weighted by Crippen LogP contribution is 2.48. The number of hydrogen-bond acceptors (Lipinski definition) is 2. The van der Waals surface area contributed by atoms with Crippen molar-refractivity contribution in [2.45, 2.75) is 38.7 Å². The molecule has 15 heavy (non-hydrogen) atoms. The quantitative estimate of drug-likeness (QED) is 0.763. The monoisotopic (exact) mass is 211 g/mol. The first-order valence-electron chi connectivity index (χ1n) is 6.01. The van der Waals surface area contributed by atoms with Gasteiger partial charge in [0.2, 0.25) is 5.91 Å². The summed E-state index contributed by atoms with van der Waals surface area (Å²) in [5.74, 6) is 1.96. The molecule has 0 spiro atoms. The zero-order valence-corrected chi connectivity index (χ0v) is 9.65. The van der Waals surface area contributed by atoms with E-state index < -0.39 is 6.10 Å². The molecule has 2 saturated carbocycles. The molecule has 1 N–H and O–H groups in total. The molecule has 1 amide bonds. The molecule has 0 aromatic rings. The molecule has 0 radical (unpaired) electrons. The van der Waals surface area contributed by atoms with Crippen LogP contribution in [0.4, 0.5) is 0 Å². The maximum atomic E-state index is 12.1. The van der Waals surface area contributed by atoms with Crippen LogP contribution in [-0.2, 0) is 4.79 Å². The summed E-state index contributed by atoms with van der Waals surface area (Å²) in [6.07, 6.45) is 4.50. The predicted molar refractivity (Wildman–Crippen MR) is 58.3 cm³/mol. The zero-order chi connectivity index (χ0) is 11.0. The second-order valence-electron chi connectivity index (χ2n) is 5.35. The summed E-state index contributed by atoms with van der Waals surface area (Å²) >= 11 is 0. The van der Waals surface area contributed by atoms with Crippen molar-refractivity contribution in [1.29, 1.82) is 0 Å². The summed E-state index contributed by atoms with van der Waals surface area (Å²) in [6, 6.07) is 0. The van der Waals surface area contributed by atoms with Crippen molar-refractivity contribution in [1.82, 2.24) is 4.90 Å². The summed E-state index contributed by atoms with van der Waals surface area (Å²) in [7, 11) is 1.81. The fraction of sp³-hybridized carbons (Fsp3) is 0.917. The Kier molecular flexibility index (Phi) is 3.01. The Bertz CT molecular complexity index is 252. The first-order valence-corrected chi connectivity index (χ1v) is 6.01. The first kappa shape index (κ1) is 10.9. The Morgan fingerprint density at radius 1 is 1.47 bits per heavy atom. The smallest absolute Gasteiger partial charge is 0.225 e. The molecule has 4 atom stereocenters. The molecule has 4 unspecified atom stereocenters. The fourth-order valence-corrected chi connectivity index (χ4v) is 3.32. The lowest BCUT2D eigenvalue weighted by Crippen LogP contribution is -2.39. The van der Waals surface area contributed by atoms with E-state index in [1.807, 2.05) is 0 Å². The molecule has 0 heterocycles. The van der Waals surface area contributed by atoms with Gasteiger partial charge in [-0.2, -0.15) is 0 Å². The maximum absolute atomic E-state index is 12.1. The van der Waals surface area contributed by atoms with Crippen molar-refractivity contribution in [3.63, 3.8) is 0 Å². The number of nitrogens with zero attached hydrogens (tertiary/aromatic N) is 1. The lowest BCUT2D eigenvalue weighted by atomic mass is 9.88. The van der Waals surface area contributed by atoms with Crippen LogP contribution in [0.5, 0.6) is 0 Å². The van der Waals surface area contributed by atoms with Crippen molar-refractivity contribution >= 4 is 5.91 Å². The summed E-state index contributed by atoms with van der Waals surface area (Å²) in [4.78, 5) is 13.8. The molecule has 3 nitrogen and oxygen atoms in total. The normalized spacial score (nSPS) is 35.5. The maximum Gasteiger partial charge on any atom is 0.225 e. The van der Waals surface area contributed by atoms with E-state index in [9.17, 15) is 9.90 Å². The van der Waals surface area contributed by atoms with E-state index >= 15 is 0 Å². The van der Waals surface area contributed by atoms with E-state index in [0.29, 0.717) is 12.5 Å². The van der Waals surface area contributed by atoms with Crippen LogP contribution in [0.2, 0.25) is 0 Å². The van der Waals surface area contributed by atoms with E-state index in [2.05, 4.69) is 0 Å². The van der Waals surface area contributed by atoms with Crippen molar-refractivity contribution in [2.24, 2.45) is 17.8 Å². The highest BCUT2D eigenvalue weighted by molar-refractivity contribution is 5.79. The van der Waals surface area contributed by atoms with Gasteiger partial charge in [0, 0.05) is 19.5 Å². The molecule has 3 heteroatoms. The Morgan fingerprint density at radius 3 is 2.67 bits per heavy atom.